The highest BCUT2D eigenvalue weighted by atomic mass is 16.6. The number of nitrogen functional groups attached to an aromatic ring is 1. The van der Waals surface area contributed by atoms with Crippen LogP contribution in [0.3, 0.4) is 0 Å². The van der Waals surface area contributed by atoms with Crippen molar-refractivity contribution in [2.24, 2.45) is 11.8 Å². The standard InChI is InChI=1S/C13H17N3O3/c1-8(9-5-6-9)7-15-13(17)10-3-2-4-11(12(10)14)16(18)19/h2-4,8-9H,5-7,14H2,1H3,(H,15,17). The van der Waals surface area contributed by atoms with Crippen LogP contribution in [-0.2, 0) is 0 Å². The van der Waals surface area contributed by atoms with Crippen LogP contribution < -0.4 is 11.1 Å². The van der Waals surface area contributed by atoms with Crippen LogP contribution in [0.2, 0.25) is 0 Å². The van der Waals surface area contributed by atoms with Gasteiger partial charge in [-0.05, 0) is 30.7 Å². The monoisotopic (exact) mass is 263 g/mol. The fourth-order valence-corrected chi connectivity index (χ4v) is 2.09. The second-order valence-electron chi connectivity index (χ2n) is 5.02. The van der Waals surface area contributed by atoms with Gasteiger partial charge in [-0.1, -0.05) is 13.0 Å². The number of anilines is 1. The molecule has 1 aromatic carbocycles. The molecule has 1 atom stereocenters. The zero-order valence-corrected chi connectivity index (χ0v) is 10.8. The SMILES string of the molecule is CC(CNC(=O)c1cccc([N+](=O)[O-])c1N)C1CC1. The zero-order chi connectivity index (χ0) is 14.0. The highest BCUT2D eigenvalue weighted by Gasteiger charge is 2.28. The van der Waals surface area contributed by atoms with Gasteiger partial charge in [-0.25, -0.2) is 0 Å². The lowest BCUT2D eigenvalue weighted by Gasteiger charge is -2.12. The van der Waals surface area contributed by atoms with Gasteiger partial charge in [-0.3, -0.25) is 14.9 Å². The quantitative estimate of drug-likeness (QED) is 0.482. The Morgan fingerprint density at radius 2 is 2.26 bits per heavy atom. The van der Waals surface area contributed by atoms with Crippen LogP contribution in [0.5, 0.6) is 0 Å². The van der Waals surface area contributed by atoms with E-state index >= 15 is 0 Å². The molecule has 6 heteroatoms. The molecule has 3 N–H and O–H groups in total. The number of nitrogens with zero attached hydrogens (tertiary/aromatic N) is 1. The molecule has 1 aliphatic carbocycles. The number of benzene rings is 1. The van der Waals surface area contributed by atoms with Crippen molar-refractivity contribution in [2.45, 2.75) is 19.8 Å². The lowest BCUT2D eigenvalue weighted by molar-refractivity contribution is -0.383. The summed E-state index contributed by atoms with van der Waals surface area (Å²) in [6.45, 7) is 2.67. The Morgan fingerprint density at radius 1 is 1.58 bits per heavy atom. The first-order valence-corrected chi connectivity index (χ1v) is 6.31. The largest absolute Gasteiger partial charge is 0.393 e. The van der Waals surface area contributed by atoms with Gasteiger partial charge in [0, 0.05) is 12.6 Å². The minimum Gasteiger partial charge on any atom is -0.393 e. The van der Waals surface area contributed by atoms with E-state index in [9.17, 15) is 14.9 Å². The number of rotatable bonds is 5. The number of nitro benzene ring substituents is 1. The van der Waals surface area contributed by atoms with Gasteiger partial charge in [0.15, 0.2) is 0 Å². The molecule has 1 aliphatic rings. The molecule has 0 heterocycles. The summed E-state index contributed by atoms with van der Waals surface area (Å²) in [5.41, 5.74) is 5.51. The van der Waals surface area contributed by atoms with Gasteiger partial charge >= 0.3 is 0 Å². The Bertz CT molecular complexity index is 512. The van der Waals surface area contributed by atoms with Crippen LogP contribution in [0.4, 0.5) is 11.4 Å². The highest BCUT2D eigenvalue weighted by Crippen LogP contribution is 2.36. The van der Waals surface area contributed by atoms with Gasteiger partial charge in [0.25, 0.3) is 11.6 Å². The number of amides is 1. The first kappa shape index (κ1) is 13.3. The third kappa shape index (κ3) is 3.01. The van der Waals surface area contributed by atoms with Crippen LogP contribution in [0.1, 0.15) is 30.1 Å². The van der Waals surface area contributed by atoms with E-state index < -0.39 is 4.92 Å². The van der Waals surface area contributed by atoms with Crippen LogP contribution >= 0.6 is 0 Å². The summed E-state index contributed by atoms with van der Waals surface area (Å²) in [6.07, 6.45) is 2.44. The minimum atomic E-state index is -0.584. The Labute approximate surface area is 111 Å². The third-order valence-corrected chi connectivity index (χ3v) is 3.54. The fourth-order valence-electron chi connectivity index (χ4n) is 2.09. The van der Waals surface area contributed by atoms with Crippen LogP contribution in [0.15, 0.2) is 18.2 Å². The number of carbonyl (C=O) groups is 1. The molecule has 0 spiro atoms. The topological polar surface area (TPSA) is 98.3 Å². The molecule has 0 aliphatic heterocycles. The van der Waals surface area contributed by atoms with Gasteiger partial charge in [0.2, 0.25) is 0 Å². The molecule has 1 fully saturated rings. The molecule has 0 bridgehead atoms. The zero-order valence-electron chi connectivity index (χ0n) is 10.8. The Hall–Kier alpha value is -2.11. The van der Waals surface area contributed by atoms with Crippen molar-refractivity contribution in [2.75, 3.05) is 12.3 Å². The molecule has 1 saturated carbocycles. The summed E-state index contributed by atoms with van der Waals surface area (Å²) in [4.78, 5) is 22.1. The van der Waals surface area contributed by atoms with Crippen molar-refractivity contribution in [1.29, 1.82) is 0 Å². The Balaban J connectivity index is 2.06. The van der Waals surface area contributed by atoms with Crippen LogP contribution in [0, 0.1) is 22.0 Å². The van der Waals surface area contributed by atoms with Crippen molar-refractivity contribution in [3.63, 3.8) is 0 Å². The summed E-state index contributed by atoms with van der Waals surface area (Å²) in [7, 11) is 0. The number of hydrogen-bond donors (Lipinski definition) is 2. The summed E-state index contributed by atoms with van der Waals surface area (Å²) >= 11 is 0. The number of hydrogen-bond acceptors (Lipinski definition) is 4. The molecule has 0 aromatic heterocycles. The van der Waals surface area contributed by atoms with E-state index in [1.54, 1.807) is 0 Å². The Kier molecular flexibility index (Phi) is 3.69. The molecule has 0 radical (unpaired) electrons. The van der Waals surface area contributed by atoms with Crippen molar-refractivity contribution < 1.29 is 9.72 Å². The Morgan fingerprint density at radius 3 is 2.84 bits per heavy atom. The fraction of sp³-hybridized carbons (Fsp3) is 0.462. The molecule has 0 saturated heterocycles. The van der Waals surface area contributed by atoms with E-state index in [0.29, 0.717) is 18.4 Å². The molecule has 102 valence electrons. The molecule has 1 aromatic rings. The maximum Gasteiger partial charge on any atom is 0.292 e. The average Bonchev–Trinajstić information content (AvgIpc) is 3.19. The van der Waals surface area contributed by atoms with E-state index in [1.807, 2.05) is 0 Å². The van der Waals surface area contributed by atoms with Crippen molar-refractivity contribution in [1.82, 2.24) is 5.32 Å². The number of nitro groups is 1. The van der Waals surface area contributed by atoms with Gasteiger partial charge in [0.1, 0.15) is 5.69 Å². The van der Waals surface area contributed by atoms with E-state index in [-0.39, 0.29) is 22.8 Å². The summed E-state index contributed by atoms with van der Waals surface area (Å²) in [5.74, 6) is 0.778. The minimum absolute atomic E-state index is 0.0796. The van der Waals surface area contributed by atoms with Gasteiger partial charge < -0.3 is 11.1 Å². The van der Waals surface area contributed by atoms with E-state index in [1.165, 1.54) is 31.0 Å². The number of para-hydroxylation sites is 1. The normalized spacial score (nSPS) is 15.8. The summed E-state index contributed by atoms with van der Waals surface area (Å²) < 4.78 is 0. The van der Waals surface area contributed by atoms with E-state index in [0.717, 1.165) is 0 Å². The maximum absolute atomic E-state index is 12.0. The number of nitrogens with one attached hydrogen (secondary N) is 1. The molecule has 1 amide bonds. The third-order valence-electron chi connectivity index (χ3n) is 3.54. The second kappa shape index (κ2) is 5.26. The molecule has 1 unspecified atom stereocenters. The lowest BCUT2D eigenvalue weighted by atomic mass is 10.1. The molecular formula is C13H17N3O3. The van der Waals surface area contributed by atoms with Gasteiger partial charge in [0.05, 0.1) is 10.5 Å². The first-order chi connectivity index (χ1) is 9.00. The molecule has 2 rings (SSSR count). The van der Waals surface area contributed by atoms with Gasteiger partial charge in [-0.15, -0.1) is 0 Å². The highest BCUT2D eigenvalue weighted by molar-refractivity contribution is 6.00. The van der Waals surface area contributed by atoms with E-state index in [4.69, 9.17) is 5.73 Å². The number of nitrogens with two attached hydrogens (primary N) is 1. The van der Waals surface area contributed by atoms with Crippen molar-refractivity contribution in [3.8, 4) is 0 Å². The maximum atomic E-state index is 12.0. The van der Waals surface area contributed by atoms with Crippen molar-refractivity contribution >= 4 is 17.3 Å². The average molecular weight is 263 g/mol. The number of carbonyl (C=O) groups excluding carboxylic acids is 1. The molecular weight excluding hydrogens is 246 g/mol. The molecule has 19 heavy (non-hydrogen) atoms. The van der Waals surface area contributed by atoms with Crippen molar-refractivity contribution in [3.05, 3.63) is 33.9 Å². The lowest BCUT2D eigenvalue weighted by Crippen LogP contribution is -2.29. The summed E-state index contributed by atoms with van der Waals surface area (Å²) in [5, 5.41) is 13.5. The van der Waals surface area contributed by atoms with Gasteiger partial charge in [-0.2, -0.15) is 0 Å². The smallest absolute Gasteiger partial charge is 0.292 e. The van der Waals surface area contributed by atoms with Crippen LogP contribution in [-0.4, -0.2) is 17.4 Å². The molecule has 6 nitrogen and oxygen atoms in total. The van der Waals surface area contributed by atoms with Crippen LogP contribution in [0.25, 0.3) is 0 Å². The predicted molar refractivity (Wildman–Crippen MR) is 71.7 cm³/mol. The van der Waals surface area contributed by atoms with E-state index in [2.05, 4.69) is 12.2 Å². The first-order valence-electron chi connectivity index (χ1n) is 6.31. The predicted octanol–water partition coefficient (Wildman–Crippen LogP) is 1.95. The second-order valence-corrected chi connectivity index (χ2v) is 5.02. The summed E-state index contributed by atoms with van der Waals surface area (Å²) in [6, 6.07) is 4.26.